The van der Waals surface area contributed by atoms with Gasteiger partial charge in [0, 0.05) is 0 Å². The molecule has 0 radical (unpaired) electrons. The van der Waals surface area contributed by atoms with Crippen molar-refractivity contribution in [1.82, 2.24) is 0 Å². The molecule has 0 unspecified atom stereocenters. The van der Waals surface area contributed by atoms with E-state index in [1.165, 1.54) is 31.8 Å². The summed E-state index contributed by atoms with van der Waals surface area (Å²) in [5.74, 6) is 0. The predicted octanol–water partition coefficient (Wildman–Crippen LogP) is 5.39. The molecule has 0 nitrogen and oxygen atoms in total. The number of benzene rings is 5. The molecule has 0 heterocycles. The summed E-state index contributed by atoms with van der Waals surface area (Å²) in [5.41, 5.74) is 0. The molecule has 0 aliphatic heterocycles. The molecule has 0 atom stereocenters. The Kier molecular flexibility index (Phi) is 9.36. The van der Waals surface area contributed by atoms with Gasteiger partial charge in [-0.2, -0.15) is 0 Å². The highest BCUT2D eigenvalue weighted by Crippen LogP contribution is 2.35. The maximum atomic E-state index is 9.62. The molecule has 0 spiro atoms. The van der Waals surface area contributed by atoms with E-state index in [1.807, 2.05) is 0 Å². The molecule has 5 rings (SSSR count). The van der Waals surface area contributed by atoms with E-state index in [9.17, 15) is 8.63 Å². The first-order valence-corrected chi connectivity index (χ1v) is 14.0. The van der Waals surface area contributed by atoms with Gasteiger partial charge in [0.1, 0.15) is 0 Å². The largest absolute Gasteiger partial charge is 0.521 e. The first kappa shape index (κ1) is 25.0. The Hall–Kier alpha value is -3.12. The third kappa shape index (κ3) is 6.52. The lowest BCUT2D eigenvalue weighted by Crippen LogP contribution is -2.24. The zero-order valence-electron chi connectivity index (χ0n) is 19.2. The molecule has 5 aromatic carbocycles. The van der Waals surface area contributed by atoms with Gasteiger partial charge in [0.15, 0.2) is 0 Å². The van der Waals surface area contributed by atoms with Crippen LogP contribution in [0, 0.1) is 0 Å². The number of rotatable bonds is 6. The molecule has 0 saturated carbocycles. The molecule has 0 saturated heterocycles. The lowest BCUT2D eigenvalue weighted by atomic mass is 10.3. The van der Waals surface area contributed by atoms with Gasteiger partial charge in [0.2, 0.25) is 0 Å². The summed E-state index contributed by atoms with van der Waals surface area (Å²) in [6.45, 7) is 0. The molecule has 0 aliphatic carbocycles. The van der Waals surface area contributed by atoms with E-state index in [1.54, 1.807) is 0 Å². The Balaban J connectivity index is 0.000000917. The van der Waals surface area contributed by atoms with Crippen molar-refractivity contribution in [2.75, 3.05) is 0 Å². The zero-order chi connectivity index (χ0) is 24.3. The Morgan fingerprint density at radius 1 is 0.314 bits per heavy atom. The molecule has 5 aromatic rings. The summed E-state index contributed by atoms with van der Waals surface area (Å²) in [6, 6.07) is 53.0. The van der Waals surface area contributed by atoms with Gasteiger partial charge in [-0.1, -0.05) is 146 Å². The van der Waals surface area contributed by atoms with Crippen molar-refractivity contribution in [2.45, 2.75) is 0 Å². The molecule has 0 fully saturated rings. The third-order valence-electron chi connectivity index (χ3n) is 5.42. The van der Waals surface area contributed by atoms with Crippen molar-refractivity contribution in [3.05, 3.63) is 146 Å². The topological polar surface area (TPSA) is 0 Å². The molecular weight excluding hydrogens is 471 g/mol. The van der Waals surface area contributed by atoms with Crippen LogP contribution >= 0.6 is 15.8 Å². The van der Waals surface area contributed by atoms with Crippen LogP contribution in [0.4, 0.5) is 8.63 Å². The summed E-state index contributed by atoms with van der Waals surface area (Å²) in [6.07, 6.45) is 0. The number of hydrogen-bond donors (Lipinski definition) is 0. The summed E-state index contributed by atoms with van der Waals surface area (Å²) in [7, 11) is -2.91. The zero-order valence-corrected chi connectivity index (χ0v) is 21.0. The highest BCUT2D eigenvalue weighted by Gasteiger charge is 2.19. The van der Waals surface area contributed by atoms with Crippen molar-refractivity contribution >= 4 is 55.5 Å². The monoisotopic (exact) mass is 496 g/mol. The van der Waals surface area contributed by atoms with Crippen molar-refractivity contribution in [1.29, 1.82) is 0 Å². The SMILES string of the molecule is FBF.c1ccc(P(c2ccccc2)c2ccc(P(c3ccccc3)c3ccccc3)cc2)cc1. The second-order valence-corrected chi connectivity index (χ2v) is 12.1. The van der Waals surface area contributed by atoms with Crippen LogP contribution in [0.2, 0.25) is 0 Å². The predicted molar refractivity (Wildman–Crippen MR) is 153 cm³/mol. The summed E-state index contributed by atoms with van der Waals surface area (Å²) in [4.78, 5) is 0. The second kappa shape index (κ2) is 13.1. The lowest BCUT2D eigenvalue weighted by Gasteiger charge is -2.22. The maximum Gasteiger partial charge on any atom is 0.521 e. The van der Waals surface area contributed by atoms with E-state index >= 15 is 0 Å². The minimum atomic E-state index is -1.75. The fourth-order valence-electron chi connectivity index (χ4n) is 3.95. The third-order valence-corrected chi connectivity index (χ3v) is 10.3. The van der Waals surface area contributed by atoms with Crippen molar-refractivity contribution < 1.29 is 8.63 Å². The van der Waals surface area contributed by atoms with E-state index in [0.717, 1.165) is 0 Å². The molecule has 5 heteroatoms. The van der Waals surface area contributed by atoms with Gasteiger partial charge in [-0.05, 0) is 47.7 Å². The van der Waals surface area contributed by atoms with Gasteiger partial charge in [-0.3, -0.25) is 8.63 Å². The minimum Gasteiger partial charge on any atom is -0.291 e. The quantitative estimate of drug-likeness (QED) is 0.218. The van der Waals surface area contributed by atoms with Gasteiger partial charge < -0.3 is 0 Å². The number of hydrogen-bond acceptors (Lipinski definition) is 0. The fraction of sp³-hybridized carbons (Fsp3) is 0. The van der Waals surface area contributed by atoms with Gasteiger partial charge in [-0.25, -0.2) is 0 Å². The molecule has 172 valence electrons. The molecule has 0 N–H and O–H groups in total. The van der Waals surface area contributed by atoms with Crippen LogP contribution in [0.15, 0.2) is 146 Å². The lowest BCUT2D eigenvalue weighted by molar-refractivity contribution is 0.712. The minimum absolute atomic E-state index is 0.579. The van der Waals surface area contributed by atoms with Crippen molar-refractivity contribution in [3.8, 4) is 0 Å². The molecule has 0 aromatic heterocycles. The van der Waals surface area contributed by atoms with Crippen LogP contribution in [0.3, 0.4) is 0 Å². The van der Waals surface area contributed by atoms with Crippen LogP contribution in [-0.2, 0) is 0 Å². The van der Waals surface area contributed by atoms with E-state index in [0.29, 0.717) is 0 Å². The van der Waals surface area contributed by atoms with Crippen LogP contribution < -0.4 is 31.8 Å². The van der Waals surface area contributed by atoms with Gasteiger partial charge >= 0.3 is 7.83 Å². The van der Waals surface area contributed by atoms with Crippen LogP contribution in [0.1, 0.15) is 0 Å². The average molecular weight is 496 g/mol. The molecule has 35 heavy (non-hydrogen) atoms. The fourth-order valence-corrected chi connectivity index (χ4v) is 8.52. The normalized spacial score (nSPS) is 10.5. The standard InChI is InChI=1S/C30H24P2.BF2H/c1-5-13-25(14-6-1)31(26-15-7-2-8-16-26)29-21-23-30(24-22-29)32(27-17-9-3-10-18-27)28-19-11-4-12-20-28;2-1-3/h1-24H;1H. The van der Waals surface area contributed by atoms with Crippen molar-refractivity contribution in [2.24, 2.45) is 0 Å². The maximum absolute atomic E-state index is 9.62. The first-order valence-electron chi connectivity index (χ1n) is 11.3. The van der Waals surface area contributed by atoms with Gasteiger partial charge in [0.25, 0.3) is 0 Å². The van der Waals surface area contributed by atoms with Gasteiger partial charge in [-0.15, -0.1) is 0 Å². The van der Waals surface area contributed by atoms with E-state index in [2.05, 4.69) is 146 Å². The molecular formula is C30H25BF2P2. The van der Waals surface area contributed by atoms with Crippen LogP contribution in [0.25, 0.3) is 0 Å². The second-order valence-electron chi connectivity index (χ2n) is 7.63. The highest BCUT2D eigenvalue weighted by atomic mass is 31.1. The smallest absolute Gasteiger partial charge is 0.291 e. The Labute approximate surface area is 209 Å². The Morgan fingerprint density at radius 2 is 0.486 bits per heavy atom. The van der Waals surface area contributed by atoms with Crippen LogP contribution in [-0.4, -0.2) is 7.83 Å². The molecule has 0 aliphatic rings. The first-order chi connectivity index (χ1) is 17.3. The van der Waals surface area contributed by atoms with E-state index in [-0.39, 0.29) is 0 Å². The molecule has 0 bridgehead atoms. The van der Waals surface area contributed by atoms with Crippen LogP contribution in [0.5, 0.6) is 0 Å². The van der Waals surface area contributed by atoms with Crippen molar-refractivity contribution in [3.63, 3.8) is 0 Å². The average Bonchev–Trinajstić information content (AvgIpc) is 2.93. The van der Waals surface area contributed by atoms with E-state index < -0.39 is 23.7 Å². The Morgan fingerprint density at radius 3 is 0.686 bits per heavy atom. The summed E-state index contributed by atoms with van der Waals surface area (Å²) in [5, 5.41) is 8.31. The van der Waals surface area contributed by atoms with Gasteiger partial charge in [0.05, 0.1) is 0 Å². The van der Waals surface area contributed by atoms with E-state index in [4.69, 9.17) is 0 Å². The number of halogens is 2. The summed E-state index contributed by atoms with van der Waals surface area (Å²) < 4.78 is 19.2. The highest BCUT2D eigenvalue weighted by molar-refractivity contribution is 7.80. The molecule has 0 amide bonds. The summed E-state index contributed by atoms with van der Waals surface area (Å²) >= 11 is 0. The Bertz CT molecular complexity index is 1090.